The fraction of sp³-hybridized carbons (Fsp3) is 0.615. The van der Waals surface area contributed by atoms with Crippen LogP contribution in [0.15, 0.2) is 24.4 Å². The first-order valence-electron chi connectivity index (χ1n) is 5.84. The molecule has 0 amide bonds. The molecule has 0 aliphatic carbocycles. The quantitative estimate of drug-likeness (QED) is 0.775. The molecule has 0 saturated carbocycles. The van der Waals surface area contributed by atoms with Crippen LogP contribution in [0.1, 0.15) is 39.8 Å². The summed E-state index contributed by atoms with van der Waals surface area (Å²) in [6.45, 7) is 14.2. The Hall–Kier alpha value is -1.09. The second kappa shape index (κ2) is 5.30. The van der Waals surface area contributed by atoms with Gasteiger partial charge in [-0.3, -0.25) is 4.68 Å². The minimum Gasteiger partial charge on any atom is -0.306 e. The molecule has 0 aliphatic rings. The van der Waals surface area contributed by atoms with E-state index in [2.05, 4.69) is 50.8 Å². The van der Waals surface area contributed by atoms with Gasteiger partial charge in [0.15, 0.2) is 0 Å². The van der Waals surface area contributed by atoms with Crippen LogP contribution in [0.4, 0.5) is 0 Å². The first-order valence-corrected chi connectivity index (χ1v) is 5.84. The Bertz CT molecular complexity index is 344. The molecule has 3 nitrogen and oxygen atoms in total. The zero-order chi connectivity index (χ0) is 12.2. The summed E-state index contributed by atoms with van der Waals surface area (Å²) in [5.41, 5.74) is 2.42. The van der Waals surface area contributed by atoms with Gasteiger partial charge in [-0.1, -0.05) is 19.1 Å². The zero-order valence-corrected chi connectivity index (χ0v) is 10.9. The van der Waals surface area contributed by atoms with Crippen molar-refractivity contribution in [3.05, 3.63) is 30.1 Å². The van der Waals surface area contributed by atoms with E-state index in [0.29, 0.717) is 0 Å². The average Bonchev–Trinajstić information content (AvgIpc) is 2.61. The van der Waals surface area contributed by atoms with Crippen molar-refractivity contribution in [2.75, 3.05) is 0 Å². The maximum atomic E-state index is 4.49. The smallest absolute Gasteiger partial charge is 0.0762 e. The molecule has 1 rings (SSSR count). The Kier molecular flexibility index (Phi) is 4.30. The molecule has 1 aromatic rings. The summed E-state index contributed by atoms with van der Waals surface area (Å²) in [7, 11) is 0. The third-order valence-electron chi connectivity index (χ3n) is 2.38. The molecule has 1 N–H and O–H groups in total. The molecule has 0 bridgehead atoms. The van der Waals surface area contributed by atoms with Gasteiger partial charge < -0.3 is 5.32 Å². The van der Waals surface area contributed by atoms with Gasteiger partial charge in [0.1, 0.15) is 0 Å². The number of hydrogen-bond donors (Lipinski definition) is 1. The predicted octanol–water partition coefficient (Wildman–Crippen LogP) is 2.74. The van der Waals surface area contributed by atoms with Crippen molar-refractivity contribution in [2.24, 2.45) is 0 Å². The van der Waals surface area contributed by atoms with Gasteiger partial charge in [-0.2, -0.15) is 5.10 Å². The van der Waals surface area contributed by atoms with E-state index in [4.69, 9.17) is 0 Å². The van der Waals surface area contributed by atoms with Crippen molar-refractivity contribution in [3.8, 4) is 0 Å². The highest BCUT2D eigenvalue weighted by Gasteiger charge is 2.09. The van der Waals surface area contributed by atoms with E-state index in [-0.39, 0.29) is 5.54 Å². The molecule has 90 valence electrons. The lowest BCUT2D eigenvalue weighted by Gasteiger charge is -2.19. The third kappa shape index (κ3) is 4.62. The first kappa shape index (κ1) is 13.0. The number of hydrogen-bond acceptors (Lipinski definition) is 2. The monoisotopic (exact) mass is 221 g/mol. The normalized spacial score (nSPS) is 11.8. The van der Waals surface area contributed by atoms with Crippen LogP contribution in [-0.4, -0.2) is 15.3 Å². The zero-order valence-electron chi connectivity index (χ0n) is 10.9. The standard InChI is InChI=1S/C13H23N3/c1-6-11(2)10-16-8-7-12(15-16)9-14-13(3,4)5/h7-8,14H,2,6,9-10H2,1,3-5H3. The molecule has 0 aromatic carbocycles. The summed E-state index contributed by atoms with van der Waals surface area (Å²) in [5, 5.41) is 7.92. The fourth-order valence-electron chi connectivity index (χ4n) is 1.28. The van der Waals surface area contributed by atoms with Gasteiger partial charge in [-0.15, -0.1) is 0 Å². The van der Waals surface area contributed by atoms with Crippen molar-refractivity contribution in [1.29, 1.82) is 0 Å². The maximum Gasteiger partial charge on any atom is 0.0762 e. The number of allylic oxidation sites excluding steroid dienone is 1. The topological polar surface area (TPSA) is 29.9 Å². The number of rotatable bonds is 5. The van der Waals surface area contributed by atoms with E-state index in [9.17, 15) is 0 Å². The number of nitrogens with zero attached hydrogens (tertiary/aromatic N) is 2. The van der Waals surface area contributed by atoms with Crippen LogP contribution in [0.25, 0.3) is 0 Å². The Morgan fingerprint density at radius 1 is 1.50 bits per heavy atom. The van der Waals surface area contributed by atoms with Crippen LogP contribution >= 0.6 is 0 Å². The highest BCUT2D eigenvalue weighted by atomic mass is 15.3. The molecule has 1 aromatic heterocycles. The molecule has 0 spiro atoms. The Morgan fingerprint density at radius 3 is 2.75 bits per heavy atom. The lowest BCUT2D eigenvalue weighted by Crippen LogP contribution is -2.35. The average molecular weight is 221 g/mol. The molecule has 0 unspecified atom stereocenters. The minimum atomic E-state index is 0.136. The summed E-state index contributed by atoms with van der Waals surface area (Å²) in [4.78, 5) is 0. The SMILES string of the molecule is C=C(CC)Cn1ccc(CNC(C)(C)C)n1. The molecular formula is C13H23N3. The lowest BCUT2D eigenvalue weighted by molar-refractivity contribution is 0.419. The van der Waals surface area contributed by atoms with E-state index < -0.39 is 0 Å². The fourth-order valence-corrected chi connectivity index (χ4v) is 1.28. The Labute approximate surface area is 98.5 Å². The molecule has 0 radical (unpaired) electrons. The second-order valence-electron chi connectivity index (χ2n) is 5.21. The van der Waals surface area contributed by atoms with Gasteiger partial charge in [-0.05, 0) is 33.3 Å². The molecule has 3 heteroatoms. The van der Waals surface area contributed by atoms with E-state index in [1.165, 1.54) is 5.57 Å². The Morgan fingerprint density at radius 2 is 2.19 bits per heavy atom. The molecule has 16 heavy (non-hydrogen) atoms. The van der Waals surface area contributed by atoms with Gasteiger partial charge in [0.2, 0.25) is 0 Å². The van der Waals surface area contributed by atoms with Gasteiger partial charge in [0.05, 0.1) is 12.2 Å². The summed E-state index contributed by atoms with van der Waals surface area (Å²) in [6.07, 6.45) is 3.02. The van der Waals surface area contributed by atoms with Crippen LogP contribution in [0.2, 0.25) is 0 Å². The highest BCUT2D eigenvalue weighted by Crippen LogP contribution is 2.05. The number of nitrogens with one attached hydrogen (secondary N) is 1. The highest BCUT2D eigenvalue weighted by molar-refractivity contribution is 5.02. The van der Waals surface area contributed by atoms with E-state index >= 15 is 0 Å². The maximum absolute atomic E-state index is 4.49. The van der Waals surface area contributed by atoms with Crippen molar-refractivity contribution in [3.63, 3.8) is 0 Å². The Balaban J connectivity index is 2.48. The van der Waals surface area contributed by atoms with E-state index in [1.807, 2.05) is 10.9 Å². The summed E-state index contributed by atoms with van der Waals surface area (Å²) in [6, 6.07) is 2.06. The third-order valence-corrected chi connectivity index (χ3v) is 2.38. The lowest BCUT2D eigenvalue weighted by atomic mass is 10.1. The largest absolute Gasteiger partial charge is 0.306 e. The second-order valence-corrected chi connectivity index (χ2v) is 5.21. The van der Waals surface area contributed by atoms with Crippen molar-refractivity contribution < 1.29 is 0 Å². The molecule has 0 fully saturated rings. The predicted molar refractivity (Wildman–Crippen MR) is 68.3 cm³/mol. The molecule has 1 heterocycles. The first-order chi connectivity index (χ1) is 7.40. The van der Waals surface area contributed by atoms with Crippen LogP contribution in [0, 0.1) is 0 Å². The summed E-state index contributed by atoms with van der Waals surface area (Å²) >= 11 is 0. The molecule has 0 saturated heterocycles. The number of aromatic nitrogens is 2. The van der Waals surface area contributed by atoms with Gasteiger partial charge >= 0.3 is 0 Å². The van der Waals surface area contributed by atoms with Gasteiger partial charge in [0, 0.05) is 18.3 Å². The van der Waals surface area contributed by atoms with Gasteiger partial charge in [0.25, 0.3) is 0 Å². The van der Waals surface area contributed by atoms with Crippen LogP contribution in [-0.2, 0) is 13.1 Å². The summed E-state index contributed by atoms with van der Waals surface area (Å²) < 4.78 is 1.95. The molecule has 0 aliphatic heterocycles. The van der Waals surface area contributed by atoms with Crippen molar-refractivity contribution >= 4 is 0 Å². The van der Waals surface area contributed by atoms with E-state index in [0.717, 1.165) is 25.2 Å². The molecular weight excluding hydrogens is 198 g/mol. The van der Waals surface area contributed by atoms with Crippen LogP contribution < -0.4 is 5.32 Å². The van der Waals surface area contributed by atoms with Crippen molar-refractivity contribution in [1.82, 2.24) is 15.1 Å². The summed E-state index contributed by atoms with van der Waals surface area (Å²) in [5.74, 6) is 0. The molecule has 0 atom stereocenters. The minimum absolute atomic E-state index is 0.136. The van der Waals surface area contributed by atoms with Crippen LogP contribution in [0.3, 0.4) is 0 Å². The van der Waals surface area contributed by atoms with E-state index in [1.54, 1.807) is 0 Å². The van der Waals surface area contributed by atoms with Crippen molar-refractivity contribution in [2.45, 2.75) is 52.7 Å². The van der Waals surface area contributed by atoms with Gasteiger partial charge in [-0.25, -0.2) is 0 Å². The van der Waals surface area contributed by atoms with Crippen LogP contribution in [0.5, 0.6) is 0 Å².